The summed E-state index contributed by atoms with van der Waals surface area (Å²) in [6.45, 7) is 0.677. The third-order valence-corrected chi connectivity index (χ3v) is 2.94. The first kappa shape index (κ1) is 16.5. The van der Waals surface area contributed by atoms with Crippen LogP contribution in [0.2, 0.25) is 0 Å². The molecule has 2 amide bonds. The number of aliphatic carboxylic acids is 2. The van der Waals surface area contributed by atoms with Crippen LogP contribution >= 0.6 is 0 Å². The van der Waals surface area contributed by atoms with Crippen LogP contribution in [0.4, 0.5) is 10.5 Å². The molecule has 7 nitrogen and oxygen atoms in total. The average Bonchev–Trinajstić information content (AvgIpc) is 2.44. The molecule has 0 unspecified atom stereocenters. The van der Waals surface area contributed by atoms with Gasteiger partial charge in [0.05, 0.1) is 0 Å². The van der Waals surface area contributed by atoms with E-state index in [0.29, 0.717) is 5.69 Å². The van der Waals surface area contributed by atoms with Gasteiger partial charge in [-0.1, -0.05) is 19.1 Å². The molecule has 1 aromatic carbocycles. The zero-order chi connectivity index (χ0) is 16.0. The van der Waals surface area contributed by atoms with Crippen molar-refractivity contribution in [2.45, 2.75) is 13.3 Å². The maximum Gasteiger partial charge on any atom is 0.325 e. The predicted octanol–water partition coefficient (Wildman–Crippen LogP) is 1.28. The fraction of sp³-hybridized carbons (Fsp3) is 0.357. The first-order valence-corrected chi connectivity index (χ1v) is 6.40. The topological polar surface area (TPSA) is 98.2 Å². The second-order valence-electron chi connectivity index (χ2n) is 4.51. The van der Waals surface area contributed by atoms with Gasteiger partial charge in [-0.3, -0.25) is 14.5 Å². The number of aryl methyl sites for hydroxylation is 1. The fourth-order valence-electron chi connectivity index (χ4n) is 1.80. The minimum absolute atomic E-state index is 0.568. The van der Waals surface area contributed by atoms with Crippen molar-refractivity contribution in [1.29, 1.82) is 0 Å². The highest BCUT2D eigenvalue weighted by Gasteiger charge is 2.23. The first-order valence-electron chi connectivity index (χ1n) is 6.40. The minimum atomic E-state index is -1.26. The second kappa shape index (κ2) is 7.28. The lowest BCUT2D eigenvalue weighted by Gasteiger charge is -2.25. The van der Waals surface area contributed by atoms with Crippen molar-refractivity contribution in [3.63, 3.8) is 0 Å². The van der Waals surface area contributed by atoms with E-state index in [1.54, 1.807) is 12.1 Å². The summed E-state index contributed by atoms with van der Waals surface area (Å²) >= 11 is 0. The van der Waals surface area contributed by atoms with Crippen molar-refractivity contribution in [2.75, 3.05) is 25.0 Å². The molecule has 2 N–H and O–H groups in total. The highest BCUT2D eigenvalue weighted by molar-refractivity contribution is 5.94. The normalized spacial score (nSPS) is 10.0. The summed E-state index contributed by atoms with van der Waals surface area (Å²) in [7, 11) is 1.47. The van der Waals surface area contributed by atoms with E-state index < -0.39 is 31.1 Å². The smallest absolute Gasteiger partial charge is 0.325 e. The van der Waals surface area contributed by atoms with Crippen molar-refractivity contribution in [3.05, 3.63) is 29.8 Å². The molecule has 0 aromatic heterocycles. The Bertz CT molecular complexity index is 511. The number of carboxylic acids is 2. The average molecular weight is 294 g/mol. The Morgan fingerprint density at radius 1 is 1.00 bits per heavy atom. The summed E-state index contributed by atoms with van der Waals surface area (Å²) < 4.78 is 0. The van der Waals surface area contributed by atoms with Crippen LogP contribution in [0.5, 0.6) is 0 Å². The van der Waals surface area contributed by atoms with Gasteiger partial charge in [-0.2, -0.15) is 0 Å². The lowest BCUT2D eigenvalue weighted by molar-refractivity contribution is -0.140. The molecule has 0 saturated heterocycles. The van der Waals surface area contributed by atoms with E-state index in [2.05, 4.69) is 0 Å². The van der Waals surface area contributed by atoms with E-state index >= 15 is 0 Å². The van der Waals surface area contributed by atoms with Crippen molar-refractivity contribution < 1.29 is 24.6 Å². The largest absolute Gasteiger partial charge is 0.480 e. The molecule has 0 fully saturated rings. The summed E-state index contributed by atoms with van der Waals surface area (Å²) in [4.78, 5) is 35.6. The van der Waals surface area contributed by atoms with Crippen LogP contribution in [-0.4, -0.2) is 53.2 Å². The number of hydrogen-bond acceptors (Lipinski definition) is 3. The van der Waals surface area contributed by atoms with Gasteiger partial charge in [-0.25, -0.2) is 4.79 Å². The number of hydrogen-bond donors (Lipinski definition) is 2. The quantitative estimate of drug-likeness (QED) is 0.823. The van der Waals surface area contributed by atoms with E-state index in [1.165, 1.54) is 11.9 Å². The van der Waals surface area contributed by atoms with Gasteiger partial charge < -0.3 is 15.1 Å². The van der Waals surface area contributed by atoms with Gasteiger partial charge in [0.2, 0.25) is 0 Å². The van der Waals surface area contributed by atoms with Crippen LogP contribution in [0.1, 0.15) is 12.5 Å². The molecule has 0 aliphatic rings. The van der Waals surface area contributed by atoms with Gasteiger partial charge in [-0.15, -0.1) is 0 Å². The van der Waals surface area contributed by atoms with Crippen LogP contribution in [0.25, 0.3) is 0 Å². The molecule has 7 heteroatoms. The maximum absolute atomic E-state index is 12.2. The number of rotatable bonds is 6. The molecule has 0 atom stereocenters. The Morgan fingerprint density at radius 2 is 1.48 bits per heavy atom. The van der Waals surface area contributed by atoms with Crippen molar-refractivity contribution in [2.24, 2.45) is 0 Å². The van der Waals surface area contributed by atoms with E-state index in [-0.39, 0.29) is 0 Å². The van der Waals surface area contributed by atoms with E-state index in [4.69, 9.17) is 10.2 Å². The Kier molecular flexibility index (Phi) is 5.71. The molecule has 114 valence electrons. The molecule has 1 aromatic rings. The maximum atomic E-state index is 12.2. The van der Waals surface area contributed by atoms with Gasteiger partial charge in [0.15, 0.2) is 0 Å². The lowest BCUT2D eigenvalue weighted by atomic mass is 10.1. The first-order chi connectivity index (χ1) is 9.85. The molecule has 1 rings (SSSR count). The van der Waals surface area contributed by atoms with Crippen LogP contribution in [0.15, 0.2) is 24.3 Å². The summed E-state index contributed by atoms with van der Waals surface area (Å²) in [5.41, 5.74) is 1.67. The summed E-state index contributed by atoms with van der Waals surface area (Å²) in [6, 6.07) is 6.51. The molecule has 0 bridgehead atoms. The fourth-order valence-corrected chi connectivity index (χ4v) is 1.80. The number of anilines is 1. The van der Waals surface area contributed by atoms with Crippen LogP contribution in [0, 0.1) is 0 Å². The molecule has 0 radical (unpaired) electrons. The van der Waals surface area contributed by atoms with Crippen LogP contribution < -0.4 is 4.90 Å². The van der Waals surface area contributed by atoms with Gasteiger partial charge in [0, 0.05) is 12.7 Å². The number of nitrogens with zero attached hydrogens (tertiary/aromatic N) is 2. The summed E-state index contributed by atoms with van der Waals surface area (Å²) in [6.07, 6.45) is 0.863. The van der Waals surface area contributed by atoms with Gasteiger partial charge in [-0.05, 0) is 24.1 Å². The van der Waals surface area contributed by atoms with Crippen molar-refractivity contribution >= 4 is 23.7 Å². The zero-order valence-corrected chi connectivity index (χ0v) is 11.9. The Morgan fingerprint density at radius 3 is 1.86 bits per heavy atom. The molecule has 0 aliphatic carbocycles. The number of carbonyl (C=O) groups is 3. The monoisotopic (exact) mass is 294 g/mol. The summed E-state index contributed by atoms with van der Waals surface area (Å²) in [5, 5.41) is 17.5. The SMILES string of the molecule is CCc1ccc(N(C)C(=O)N(CC(=O)O)CC(=O)O)cc1. The van der Waals surface area contributed by atoms with Crippen molar-refractivity contribution in [1.82, 2.24) is 4.90 Å². The number of urea groups is 1. The molecule has 0 heterocycles. The molecule has 0 aliphatic heterocycles. The Labute approximate surface area is 122 Å². The number of amides is 2. The zero-order valence-electron chi connectivity index (χ0n) is 11.9. The molecule has 0 spiro atoms. The summed E-state index contributed by atoms with van der Waals surface area (Å²) in [5.74, 6) is -2.53. The lowest BCUT2D eigenvalue weighted by Crippen LogP contribution is -2.46. The second-order valence-corrected chi connectivity index (χ2v) is 4.51. The highest BCUT2D eigenvalue weighted by atomic mass is 16.4. The third-order valence-electron chi connectivity index (χ3n) is 2.94. The predicted molar refractivity (Wildman–Crippen MR) is 76.5 cm³/mol. The highest BCUT2D eigenvalue weighted by Crippen LogP contribution is 2.15. The molecule has 21 heavy (non-hydrogen) atoms. The number of carboxylic acid groups (broad SMARTS) is 2. The van der Waals surface area contributed by atoms with Gasteiger partial charge in [0.1, 0.15) is 13.1 Å². The molecular weight excluding hydrogens is 276 g/mol. The molecule has 0 saturated carbocycles. The molecular formula is C14H18N2O5. The Balaban J connectivity index is 2.89. The number of benzene rings is 1. The standard InChI is InChI=1S/C14H18N2O5/c1-3-10-4-6-11(7-5-10)15(2)14(21)16(8-12(17)18)9-13(19)20/h4-7H,3,8-9H2,1-2H3,(H,17,18)(H,19,20). The minimum Gasteiger partial charge on any atom is -0.480 e. The van der Waals surface area contributed by atoms with E-state index in [1.807, 2.05) is 19.1 Å². The van der Waals surface area contributed by atoms with E-state index in [0.717, 1.165) is 16.9 Å². The van der Waals surface area contributed by atoms with E-state index in [9.17, 15) is 14.4 Å². The third kappa shape index (κ3) is 4.79. The van der Waals surface area contributed by atoms with Gasteiger partial charge >= 0.3 is 18.0 Å². The Hall–Kier alpha value is -2.57. The number of carbonyl (C=O) groups excluding carboxylic acids is 1. The van der Waals surface area contributed by atoms with Crippen molar-refractivity contribution in [3.8, 4) is 0 Å². The van der Waals surface area contributed by atoms with Crippen LogP contribution in [0.3, 0.4) is 0 Å². The van der Waals surface area contributed by atoms with Gasteiger partial charge in [0.25, 0.3) is 0 Å². The van der Waals surface area contributed by atoms with Crippen LogP contribution in [-0.2, 0) is 16.0 Å².